The summed E-state index contributed by atoms with van der Waals surface area (Å²) < 4.78 is 94.9. The number of carboxylic acids is 1. The summed E-state index contributed by atoms with van der Waals surface area (Å²) in [5, 5.41) is 14.0. The average Bonchev–Trinajstić information content (AvgIpc) is 3.50. The molecule has 310 valence electrons. The van der Waals surface area contributed by atoms with Crippen molar-refractivity contribution in [2.75, 3.05) is 13.1 Å². The Hall–Kier alpha value is -3.81. The van der Waals surface area contributed by atoms with E-state index >= 15 is 8.78 Å². The quantitative estimate of drug-likeness (QED) is 0.209. The second-order valence-electron chi connectivity index (χ2n) is 18.1. The molecule has 14 heteroatoms. The molecule has 5 unspecified atom stereocenters. The number of aromatic nitrogens is 2. The normalized spacial score (nSPS) is 31.7. The molecule has 4 aliphatic carbocycles. The zero-order valence-corrected chi connectivity index (χ0v) is 32.7. The topological polar surface area (TPSA) is 96.7 Å². The van der Waals surface area contributed by atoms with Gasteiger partial charge in [-0.3, -0.25) is 9.69 Å². The number of nitrogens with zero attached hydrogens (tertiary/aromatic N) is 3. The van der Waals surface area contributed by atoms with Gasteiger partial charge in [0.1, 0.15) is 17.0 Å². The lowest BCUT2D eigenvalue weighted by Gasteiger charge is -2.52. The largest absolute Gasteiger partial charge is 0.490 e. The molecule has 5 aliphatic rings. The molecule has 8 nitrogen and oxygen atoms in total. The van der Waals surface area contributed by atoms with Crippen LogP contribution in [0.5, 0.6) is 5.75 Å². The fraction of sp³-hybridized carbons (Fsp3) is 0.651. The molecule has 5 fully saturated rings. The van der Waals surface area contributed by atoms with Crippen molar-refractivity contribution in [3.05, 3.63) is 47.8 Å². The van der Waals surface area contributed by atoms with Crippen LogP contribution in [0.4, 0.5) is 26.3 Å². The number of ether oxygens (including phenoxy) is 1. The van der Waals surface area contributed by atoms with Crippen LogP contribution < -0.4 is 10.1 Å². The highest BCUT2D eigenvalue weighted by Gasteiger charge is 2.57. The van der Waals surface area contributed by atoms with Gasteiger partial charge < -0.3 is 19.7 Å². The van der Waals surface area contributed by atoms with Crippen molar-refractivity contribution in [1.29, 1.82) is 0 Å². The lowest BCUT2D eigenvalue weighted by Crippen LogP contribution is -2.66. The Kier molecular flexibility index (Phi) is 10.2. The minimum Gasteiger partial charge on any atom is -0.490 e. The number of fused-ring (bicyclic) bond motifs is 3. The van der Waals surface area contributed by atoms with Crippen molar-refractivity contribution < 1.29 is 45.8 Å². The molecule has 57 heavy (non-hydrogen) atoms. The Morgan fingerprint density at radius 2 is 1.60 bits per heavy atom. The Balaban J connectivity index is 1.10. The minimum atomic E-state index is -3.58. The van der Waals surface area contributed by atoms with Gasteiger partial charge in [0.2, 0.25) is 5.92 Å². The first-order chi connectivity index (χ1) is 26.8. The van der Waals surface area contributed by atoms with Crippen molar-refractivity contribution in [2.24, 2.45) is 23.7 Å². The van der Waals surface area contributed by atoms with Crippen LogP contribution in [0.25, 0.3) is 22.2 Å². The predicted octanol–water partition coefficient (Wildman–Crippen LogP) is 9.85. The lowest BCUT2D eigenvalue weighted by atomic mass is 9.56. The van der Waals surface area contributed by atoms with Crippen molar-refractivity contribution in [3.8, 4) is 17.0 Å². The highest BCUT2D eigenvalue weighted by molar-refractivity contribution is 6.00. The van der Waals surface area contributed by atoms with E-state index in [2.05, 4.69) is 17.2 Å². The second-order valence-corrected chi connectivity index (χ2v) is 18.1. The van der Waals surface area contributed by atoms with Crippen LogP contribution in [-0.4, -0.2) is 74.1 Å². The second kappa shape index (κ2) is 14.5. The molecular formula is C43H52F6N4O4. The summed E-state index contributed by atoms with van der Waals surface area (Å²) in [6.45, 7) is 4.12. The predicted molar refractivity (Wildman–Crippen MR) is 202 cm³/mol. The third-order valence-electron chi connectivity index (χ3n) is 13.9. The fourth-order valence-electron chi connectivity index (χ4n) is 11.1. The van der Waals surface area contributed by atoms with E-state index in [1.807, 2.05) is 22.5 Å². The molecule has 1 saturated heterocycles. The molecule has 5 atom stereocenters. The Morgan fingerprint density at radius 3 is 2.25 bits per heavy atom. The number of nitrogens with one attached hydrogen (secondary N) is 1. The number of rotatable bonds is 9. The van der Waals surface area contributed by atoms with E-state index in [0.717, 1.165) is 19.3 Å². The third-order valence-corrected chi connectivity index (χ3v) is 13.9. The zero-order valence-electron chi connectivity index (χ0n) is 32.7. The van der Waals surface area contributed by atoms with E-state index in [0.29, 0.717) is 67.2 Å². The van der Waals surface area contributed by atoms with Crippen molar-refractivity contribution in [1.82, 2.24) is 19.8 Å². The number of carbonyl (C=O) groups is 2. The lowest BCUT2D eigenvalue weighted by molar-refractivity contribution is -0.155. The summed E-state index contributed by atoms with van der Waals surface area (Å²) in [4.78, 5) is 33.3. The number of carboxylic acid groups (broad SMARTS) is 1. The molecule has 8 rings (SSSR count). The molecule has 2 N–H and O–H groups in total. The number of halogens is 6. The summed E-state index contributed by atoms with van der Waals surface area (Å²) in [5.74, 6) is -10.6. The summed E-state index contributed by atoms with van der Waals surface area (Å²) in [6.07, 6.45) is 7.17. The van der Waals surface area contributed by atoms with Crippen LogP contribution in [0.15, 0.2) is 36.5 Å². The van der Waals surface area contributed by atoms with Gasteiger partial charge in [-0.1, -0.05) is 13.8 Å². The highest BCUT2D eigenvalue weighted by Crippen LogP contribution is 2.51. The smallest absolute Gasteiger partial charge is 0.329 e. The number of hydrogen-bond acceptors (Lipinski definition) is 5. The molecule has 2 aromatic heterocycles. The van der Waals surface area contributed by atoms with Gasteiger partial charge in [0.05, 0.1) is 36.0 Å². The number of alkyl halides is 6. The maximum Gasteiger partial charge on any atom is 0.329 e. The standard InChI is InChI=1S/C43H52F6N4O4/c1-24-16-26-18-25(2)43(39(55)56,27(17-24)19-26)51-38(54)33-10-11-35(50-37(33)40(3,44)45)34-21-53(29-12-14-41(46,47)15-13-29)36-20-31(8-9-32(34)36)57-30-6-4-28(5-7-30)52-22-42(48,49)23-52/h8-11,20-21,24-30H,4-7,12-19,22-23H2,1-3H3,(H,51,54)(H,55,56)/t24?,25?,26?,27?,28-,30-,43?. The SMILES string of the molecule is CC1CC2CC(C)C(NC(=O)c3ccc(-c4cn(C5CCC(F)(F)CC5)c5cc(O[C@H]6CC[C@H](N7CC(F)(F)C7)CC6)ccc45)nc3C(C)(F)F)(C(=O)O)C(C1)C2. The summed E-state index contributed by atoms with van der Waals surface area (Å²) in [6, 6.07) is 7.96. The molecule has 1 amide bonds. The summed E-state index contributed by atoms with van der Waals surface area (Å²) >= 11 is 0. The first-order valence-electron chi connectivity index (χ1n) is 20.6. The number of pyridine rings is 1. The van der Waals surface area contributed by atoms with Crippen LogP contribution in [0, 0.1) is 23.7 Å². The number of amides is 1. The van der Waals surface area contributed by atoms with E-state index < -0.39 is 52.4 Å². The van der Waals surface area contributed by atoms with Gasteiger partial charge in [0.25, 0.3) is 17.8 Å². The highest BCUT2D eigenvalue weighted by atomic mass is 19.3. The Labute approximate surface area is 328 Å². The molecule has 1 aliphatic heterocycles. The monoisotopic (exact) mass is 802 g/mol. The molecule has 0 spiro atoms. The number of benzene rings is 1. The first kappa shape index (κ1) is 40.0. The Morgan fingerprint density at radius 1 is 0.895 bits per heavy atom. The fourth-order valence-corrected chi connectivity index (χ4v) is 11.1. The van der Waals surface area contributed by atoms with Crippen molar-refractivity contribution in [2.45, 2.75) is 139 Å². The van der Waals surface area contributed by atoms with Crippen LogP contribution in [-0.2, 0) is 10.7 Å². The van der Waals surface area contributed by atoms with E-state index in [1.165, 1.54) is 12.1 Å². The van der Waals surface area contributed by atoms with Crippen molar-refractivity contribution in [3.63, 3.8) is 0 Å². The number of likely N-dealkylation sites (tertiary alicyclic amines) is 1. The van der Waals surface area contributed by atoms with Gasteiger partial charge in [-0.05, 0) is 112 Å². The first-order valence-corrected chi connectivity index (χ1v) is 20.6. The molecule has 4 saturated carbocycles. The molecule has 3 aromatic rings. The minimum absolute atomic E-state index is 0.0964. The van der Waals surface area contributed by atoms with Crippen LogP contribution in [0.3, 0.4) is 0 Å². The summed E-state index contributed by atoms with van der Waals surface area (Å²) in [5.41, 5.74) is -1.51. The van der Waals surface area contributed by atoms with Crippen LogP contribution >= 0.6 is 0 Å². The van der Waals surface area contributed by atoms with E-state index in [-0.39, 0.29) is 74.5 Å². The van der Waals surface area contributed by atoms with Gasteiger partial charge in [0.15, 0.2) is 0 Å². The van der Waals surface area contributed by atoms with E-state index in [4.69, 9.17) is 4.74 Å². The average molecular weight is 803 g/mol. The van der Waals surface area contributed by atoms with Gasteiger partial charge in [0, 0.05) is 55.1 Å². The molecular weight excluding hydrogens is 750 g/mol. The van der Waals surface area contributed by atoms with Crippen LogP contribution in [0.2, 0.25) is 0 Å². The van der Waals surface area contributed by atoms with Gasteiger partial charge >= 0.3 is 5.97 Å². The maximum atomic E-state index is 15.5. The Bertz CT molecular complexity index is 2000. The van der Waals surface area contributed by atoms with Gasteiger partial charge in [-0.25, -0.2) is 27.3 Å². The third kappa shape index (κ3) is 7.64. The number of aliphatic carboxylic acids is 1. The van der Waals surface area contributed by atoms with Crippen LogP contribution in [0.1, 0.15) is 120 Å². The molecule has 2 bridgehead atoms. The summed E-state index contributed by atoms with van der Waals surface area (Å²) in [7, 11) is 0. The number of hydrogen-bond donors (Lipinski definition) is 2. The van der Waals surface area contributed by atoms with Crippen molar-refractivity contribution >= 4 is 22.8 Å². The number of carbonyl (C=O) groups excluding carboxylic acids is 1. The maximum absolute atomic E-state index is 15.5. The molecule has 1 aromatic carbocycles. The molecule has 0 radical (unpaired) electrons. The van der Waals surface area contributed by atoms with Gasteiger partial charge in [-0.15, -0.1) is 0 Å². The van der Waals surface area contributed by atoms with E-state index in [1.54, 1.807) is 18.3 Å². The zero-order chi connectivity index (χ0) is 40.7. The molecule has 3 heterocycles. The van der Waals surface area contributed by atoms with Gasteiger partial charge in [-0.2, -0.15) is 8.78 Å². The van der Waals surface area contributed by atoms with E-state index in [9.17, 15) is 32.3 Å².